The first kappa shape index (κ1) is 20.2. The minimum Gasteiger partial charge on any atom is -0.309 e. The summed E-state index contributed by atoms with van der Waals surface area (Å²) in [6.07, 6.45) is 0.846. The predicted octanol–water partition coefficient (Wildman–Crippen LogP) is 4.41. The van der Waals surface area contributed by atoms with Gasteiger partial charge in [-0.3, -0.25) is 14.5 Å². The van der Waals surface area contributed by atoms with Crippen molar-refractivity contribution in [3.8, 4) is 0 Å². The van der Waals surface area contributed by atoms with Gasteiger partial charge in [0.25, 0.3) is 5.91 Å². The van der Waals surface area contributed by atoms with E-state index >= 15 is 0 Å². The average molecular weight is 396 g/mol. The number of ketones is 1. The van der Waals surface area contributed by atoms with E-state index in [0.29, 0.717) is 22.8 Å². The van der Waals surface area contributed by atoms with Crippen LogP contribution in [0.25, 0.3) is 10.2 Å². The summed E-state index contributed by atoms with van der Waals surface area (Å²) in [7, 11) is 4.04. The zero-order valence-corrected chi connectivity index (χ0v) is 17.5. The monoisotopic (exact) mass is 395 g/mol. The Hall–Kier alpha value is -2.57. The van der Waals surface area contributed by atoms with Gasteiger partial charge < -0.3 is 4.90 Å². The number of aryl methyl sites for hydroxylation is 1. The van der Waals surface area contributed by atoms with Crippen molar-refractivity contribution in [2.24, 2.45) is 0 Å². The average Bonchev–Trinajstić information content (AvgIpc) is 3.07. The molecule has 0 atom stereocenters. The Morgan fingerprint density at radius 3 is 2.32 bits per heavy atom. The van der Waals surface area contributed by atoms with E-state index in [9.17, 15) is 9.59 Å². The maximum Gasteiger partial charge on any atom is 0.260 e. The van der Waals surface area contributed by atoms with E-state index in [2.05, 4.69) is 17.9 Å². The Balaban J connectivity index is 1.92. The van der Waals surface area contributed by atoms with Gasteiger partial charge in [-0.1, -0.05) is 29.5 Å². The number of hydrogen-bond acceptors (Lipinski definition) is 5. The first-order chi connectivity index (χ1) is 13.3. The fraction of sp³-hybridized carbons (Fsp3) is 0.318. The van der Waals surface area contributed by atoms with Crippen molar-refractivity contribution in [1.82, 2.24) is 9.88 Å². The fourth-order valence-corrected chi connectivity index (χ4v) is 4.06. The van der Waals surface area contributed by atoms with Gasteiger partial charge in [0.2, 0.25) is 0 Å². The van der Waals surface area contributed by atoms with Gasteiger partial charge in [0.15, 0.2) is 10.9 Å². The standard InChI is InChI=1S/C22H25N3O2S/c1-15-6-11-19-20(14-15)28-22(23-19)25(13-5-12-24(3)4)21(27)18-9-7-17(8-10-18)16(2)26/h6-11,14H,5,12-13H2,1-4H3. The van der Waals surface area contributed by atoms with Crippen molar-refractivity contribution in [2.45, 2.75) is 20.3 Å². The van der Waals surface area contributed by atoms with Crippen molar-refractivity contribution in [3.63, 3.8) is 0 Å². The molecular weight excluding hydrogens is 370 g/mol. The molecule has 0 aliphatic heterocycles. The first-order valence-corrected chi connectivity index (χ1v) is 10.1. The summed E-state index contributed by atoms with van der Waals surface area (Å²) in [5, 5.41) is 0.708. The van der Waals surface area contributed by atoms with E-state index in [-0.39, 0.29) is 11.7 Å². The van der Waals surface area contributed by atoms with Crippen LogP contribution in [0.3, 0.4) is 0 Å². The number of amides is 1. The molecule has 6 heteroatoms. The first-order valence-electron chi connectivity index (χ1n) is 9.30. The van der Waals surface area contributed by atoms with E-state index in [1.807, 2.05) is 26.2 Å². The van der Waals surface area contributed by atoms with Crippen LogP contribution < -0.4 is 4.90 Å². The zero-order valence-electron chi connectivity index (χ0n) is 16.7. The second kappa shape index (κ2) is 8.63. The lowest BCUT2D eigenvalue weighted by atomic mass is 10.1. The third-order valence-electron chi connectivity index (χ3n) is 4.53. The molecule has 2 aromatic carbocycles. The number of thiazole rings is 1. The van der Waals surface area contributed by atoms with Crippen LogP contribution >= 0.6 is 11.3 Å². The molecule has 0 spiro atoms. The number of carbonyl (C=O) groups excluding carboxylic acids is 2. The van der Waals surface area contributed by atoms with E-state index in [1.165, 1.54) is 23.8 Å². The molecule has 1 heterocycles. The van der Waals surface area contributed by atoms with Crippen LogP contribution in [-0.4, -0.2) is 48.8 Å². The molecule has 0 saturated carbocycles. The van der Waals surface area contributed by atoms with Crippen LogP contribution in [0, 0.1) is 6.92 Å². The van der Waals surface area contributed by atoms with Gasteiger partial charge in [-0.15, -0.1) is 0 Å². The van der Waals surface area contributed by atoms with Crippen LogP contribution in [0.4, 0.5) is 5.13 Å². The lowest BCUT2D eigenvalue weighted by Crippen LogP contribution is -2.33. The Morgan fingerprint density at radius 2 is 1.68 bits per heavy atom. The summed E-state index contributed by atoms with van der Waals surface area (Å²) >= 11 is 1.54. The van der Waals surface area contributed by atoms with E-state index in [4.69, 9.17) is 4.98 Å². The van der Waals surface area contributed by atoms with Gasteiger partial charge >= 0.3 is 0 Å². The topological polar surface area (TPSA) is 53.5 Å². The van der Waals surface area contributed by atoms with Gasteiger partial charge in [0.05, 0.1) is 10.2 Å². The molecule has 5 nitrogen and oxygen atoms in total. The van der Waals surface area contributed by atoms with Crippen molar-refractivity contribution < 1.29 is 9.59 Å². The molecule has 146 valence electrons. The summed E-state index contributed by atoms with van der Waals surface area (Å²) in [5.41, 5.74) is 3.24. The van der Waals surface area contributed by atoms with Crippen LogP contribution in [0.1, 0.15) is 39.6 Å². The van der Waals surface area contributed by atoms with Gasteiger partial charge in [-0.25, -0.2) is 4.98 Å². The van der Waals surface area contributed by atoms with Gasteiger partial charge in [-0.05, 0) is 70.7 Å². The van der Waals surface area contributed by atoms with E-state index in [1.54, 1.807) is 29.2 Å². The number of benzene rings is 2. The summed E-state index contributed by atoms with van der Waals surface area (Å²) in [6, 6.07) is 13.0. The van der Waals surface area contributed by atoms with E-state index in [0.717, 1.165) is 23.2 Å². The number of nitrogens with zero attached hydrogens (tertiary/aromatic N) is 3. The third-order valence-corrected chi connectivity index (χ3v) is 5.58. The predicted molar refractivity (Wildman–Crippen MR) is 116 cm³/mol. The molecule has 3 rings (SSSR count). The Kier molecular flexibility index (Phi) is 6.21. The molecule has 0 bridgehead atoms. The highest BCUT2D eigenvalue weighted by atomic mass is 32.1. The smallest absolute Gasteiger partial charge is 0.260 e. The highest BCUT2D eigenvalue weighted by Gasteiger charge is 2.21. The lowest BCUT2D eigenvalue weighted by Gasteiger charge is -2.21. The minimum atomic E-state index is -0.0929. The fourth-order valence-electron chi connectivity index (χ4n) is 2.97. The molecular formula is C22H25N3O2S. The molecule has 0 radical (unpaired) electrons. The maximum absolute atomic E-state index is 13.2. The normalized spacial score (nSPS) is 11.2. The van der Waals surface area contributed by atoms with Crippen LogP contribution in [0.2, 0.25) is 0 Å². The number of Topliss-reactive ketones (excluding diaryl/α,β-unsaturated/α-hetero) is 1. The third kappa shape index (κ3) is 4.64. The lowest BCUT2D eigenvalue weighted by molar-refractivity contribution is 0.0981. The molecule has 0 N–H and O–H groups in total. The summed E-state index contributed by atoms with van der Waals surface area (Å²) in [5.74, 6) is -0.104. The van der Waals surface area contributed by atoms with Crippen LogP contribution in [0.5, 0.6) is 0 Å². The molecule has 28 heavy (non-hydrogen) atoms. The minimum absolute atomic E-state index is 0.0108. The Labute approximate surface area is 169 Å². The highest BCUT2D eigenvalue weighted by Crippen LogP contribution is 2.30. The Bertz CT molecular complexity index is 993. The molecule has 1 amide bonds. The molecule has 0 aliphatic rings. The molecule has 0 saturated heterocycles. The van der Waals surface area contributed by atoms with Gasteiger partial charge in [0, 0.05) is 17.7 Å². The van der Waals surface area contributed by atoms with Crippen LogP contribution in [0.15, 0.2) is 42.5 Å². The largest absolute Gasteiger partial charge is 0.309 e. The Morgan fingerprint density at radius 1 is 1.00 bits per heavy atom. The molecule has 0 unspecified atom stereocenters. The number of rotatable bonds is 7. The molecule has 0 aliphatic carbocycles. The van der Waals surface area contributed by atoms with Crippen molar-refractivity contribution in [1.29, 1.82) is 0 Å². The summed E-state index contributed by atoms with van der Waals surface area (Å²) < 4.78 is 1.08. The maximum atomic E-state index is 13.2. The number of fused-ring (bicyclic) bond motifs is 1. The number of hydrogen-bond donors (Lipinski definition) is 0. The number of anilines is 1. The second-order valence-electron chi connectivity index (χ2n) is 7.21. The quantitative estimate of drug-likeness (QED) is 0.556. The summed E-state index contributed by atoms with van der Waals surface area (Å²) in [4.78, 5) is 33.3. The molecule has 3 aromatic rings. The SMILES string of the molecule is CC(=O)c1ccc(C(=O)N(CCCN(C)C)c2nc3ccc(C)cc3s2)cc1. The van der Waals surface area contributed by atoms with Crippen LogP contribution in [-0.2, 0) is 0 Å². The number of aromatic nitrogens is 1. The second-order valence-corrected chi connectivity index (χ2v) is 8.22. The zero-order chi connectivity index (χ0) is 20.3. The summed E-state index contributed by atoms with van der Waals surface area (Å²) in [6.45, 7) is 5.05. The molecule has 0 fully saturated rings. The van der Waals surface area contributed by atoms with E-state index < -0.39 is 0 Å². The van der Waals surface area contributed by atoms with Crippen molar-refractivity contribution >= 4 is 38.4 Å². The van der Waals surface area contributed by atoms with Crippen molar-refractivity contribution in [3.05, 3.63) is 59.2 Å². The molecule has 1 aromatic heterocycles. The number of carbonyl (C=O) groups is 2. The van der Waals surface area contributed by atoms with Gasteiger partial charge in [-0.2, -0.15) is 0 Å². The van der Waals surface area contributed by atoms with Gasteiger partial charge in [0.1, 0.15) is 0 Å². The highest BCUT2D eigenvalue weighted by molar-refractivity contribution is 7.22. The van der Waals surface area contributed by atoms with Crippen molar-refractivity contribution in [2.75, 3.05) is 32.1 Å².